The van der Waals surface area contributed by atoms with Crippen molar-refractivity contribution in [2.75, 3.05) is 40.3 Å². The Kier molecular flexibility index (Phi) is 4.91. The Labute approximate surface area is 142 Å². The van der Waals surface area contributed by atoms with Crippen LogP contribution in [0.15, 0.2) is 16.5 Å². The Morgan fingerprint density at radius 2 is 2.08 bits per heavy atom. The number of likely N-dealkylation sites (tertiary alicyclic amines) is 1. The van der Waals surface area contributed by atoms with Gasteiger partial charge in [-0.1, -0.05) is 0 Å². The SMILES string of the molecule is CNC(=O)c1ccc(CN2CCC3(CC2)C(=O)NCCCN3C)o1. The molecule has 0 radical (unpaired) electrons. The van der Waals surface area contributed by atoms with Gasteiger partial charge in [-0.3, -0.25) is 19.4 Å². The molecule has 0 atom stereocenters. The third kappa shape index (κ3) is 3.18. The van der Waals surface area contributed by atoms with Crippen molar-refractivity contribution in [1.82, 2.24) is 20.4 Å². The standard InChI is InChI=1S/C17H26N4O3/c1-18-15(22)14-5-4-13(24-14)12-21-10-6-17(7-11-21)16(23)19-8-3-9-20(17)2/h4-5H,3,6-12H2,1-2H3,(H,18,22)(H,19,23). The molecule has 2 aliphatic heterocycles. The molecule has 1 aromatic rings. The summed E-state index contributed by atoms with van der Waals surface area (Å²) in [6.07, 6.45) is 2.64. The van der Waals surface area contributed by atoms with Crippen LogP contribution >= 0.6 is 0 Å². The Morgan fingerprint density at radius 1 is 1.33 bits per heavy atom. The predicted octanol–water partition coefficient (Wildman–Crippen LogP) is 0.426. The molecule has 132 valence electrons. The number of nitrogens with zero attached hydrogens (tertiary/aromatic N) is 2. The minimum absolute atomic E-state index is 0.169. The normalized spacial score (nSPS) is 22.2. The number of hydrogen-bond donors (Lipinski definition) is 2. The van der Waals surface area contributed by atoms with E-state index in [4.69, 9.17) is 4.42 Å². The van der Waals surface area contributed by atoms with E-state index in [0.717, 1.165) is 51.2 Å². The number of piperidine rings is 1. The van der Waals surface area contributed by atoms with E-state index < -0.39 is 0 Å². The maximum Gasteiger partial charge on any atom is 0.286 e. The van der Waals surface area contributed by atoms with E-state index in [1.807, 2.05) is 6.07 Å². The first-order valence-corrected chi connectivity index (χ1v) is 8.58. The number of carbonyl (C=O) groups is 2. The van der Waals surface area contributed by atoms with Gasteiger partial charge in [0.15, 0.2) is 5.76 Å². The molecule has 24 heavy (non-hydrogen) atoms. The summed E-state index contributed by atoms with van der Waals surface area (Å²) in [6.45, 7) is 4.07. The number of nitrogens with one attached hydrogen (secondary N) is 2. The third-order valence-corrected chi connectivity index (χ3v) is 5.28. The van der Waals surface area contributed by atoms with Crippen LogP contribution in [0.3, 0.4) is 0 Å². The average Bonchev–Trinajstić information content (AvgIpc) is 3.01. The lowest BCUT2D eigenvalue weighted by molar-refractivity contribution is -0.134. The molecule has 2 N–H and O–H groups in total. The van der Waals surface area contributed by atoms with E-state index in [1.54, 1.807) is 13.1 Å². The Bertz CT molecular complexity index is 605. The van der Waals surface area contributed by atoms with Crippen LogP contribution < -0.4 is 10.6 Å². The summed E-state index contributed by atoms with van der Waals surface area (Å²) in [6, 6.07) is 3.55. The van der Waals surface area contributed by atoms with Crippen molar-refractivity contribution >= 4 is 11.8 Å². The zero-order chi connectivity index (χ0) is 17.2. The molecule has 3 heterocycles. The second kappa shape index (κ2) is 6.94. The van der Waals surface area contributed by atoms with Gasteiger partial charge in [0.05, 0.1) is 6.54 Å². The zero-order valence-corrected chi connectivity index (χ0v) is 14.4. The van der Waals surface area contributed by atoms with Crippen LogP contribution in [0.1, 0.15) is 35.6 Å². The molecule has 2 amide bonds. The lowest BCUT2D eigenvalue weighted by Gasteiger charge is -2.44. The largest absolute Gasteiger partial charge is 0.455 e. The van der Waals surface area contributed by atoms with Crippen LogP contribution in [-0.2, 0) is 11.3 Å². The summed E-state index contributed by atoms with van der Waals surface area (Å²) in [5, 5.41) is 5.62. The van der Waals surface area contributed by atoms with Crippen LogP contribution in [-0.4, -0.2) is 67.4 Å². The Balaban J connectivity index is 1.61. The van der Waals surface area contributed by atoms with Crippen molar-refractivity contribution in [2.45, 2.75) is 31.3 Å². The summed E-state index contributed by atoms with van der Waals surface area (Å²) >= 11 is 0. The second-order valence-corrected chi connectivity index (χ2v) is 6.68. The molecular formula is C17H26N4O3. The molecule has 2 saturated heterocycles. The fourth-order valence-corrected chi connectivity index (χ4v) is 3.69. The van der Waals surface area contributed by atoms with Crippen molar-refractivity contribution in [2.24, 2.45) is 0 Å². The van der Waals surface area contributed by atoms with E-state index in [9.17, 15) is 9.59 Å². The quantitative estimate of drug-likeness (QED) is 0.838. The first kappa shape index (κ1) is 17.0. The molecular weight excluding hydrogens is 308 g/mol. The number of likely N-dealkylation sites (N-methyl/N-ethyl adjacent to an activating group) is 1. The van der Waals surface area contributed by atoms with Gasteiger partial charge in [0.2, 0.25) is 5.91 Å². The van der Waals surface area contributed by atoms with Crippen LogP contribution in [0.25, 0.3) is 0 Å². The van der Waals surface area contributed by atoms with E-state index >= 15 is 0 Å². The maximum atomic E-state index is 12.5. The van der Waals surface area contributed by atoms with Gasteiger partial charge in [-0.15, -0.1) is 0 Å². The first-order chi connectivity index (χ1) is 11.5. The molecule has 0 bridgehead atoms. The smallest absolute Gasteiger partial charge is 0.286 e. The van der Waals surface area contributed by atoms with E-state index in [2.05, 4.69) is 27.5 Å². The summed E-state index contributed by atoms with van der Waals surface area (Å²) in [4.78, 5) is 28.6. The summed E-state index contributed by atoms with van der Waals surface area (Å²) in [7, 11) is 3.64. The highest BCUT2D eigenvalue weighted by Crippen LogP contribution is 2.30. The van der Waals surface area contributed by atoms with Gasteiger partial charge < -0.3 is 15.1 Å². The molecule has 0 unspecified atom stereocenters. The van der Waals surface area contributed by atoms with Gasteiger partial charge in [-0.05, 0) is 38.4 Å². The maximum absolute atomic E-state index is 12.5. The van der Waals surface area contributed by atoms with Crippen molar-refractivity contribution in [3.05, 3.63) is 23.7 Å². The van der Waals surface area contributed by atoms with Crippen molar-refractivity contribution in [3.8, 4) is 0 Å². The summed E-state index contributed by atoms with van der Waals surface area (Å²) in [5.41, 5.74) is -0.372. The molecule has 7 heteroatoms. The monoisotopic (exact) mass is 334 g/mol. The van der Waals surface area contributed by atoms with Crippen LogP contribution in [0, 0.1) is 0 Å². The molecule has 1 spiro atoms. The third-order valence-electron chi connectivity index (χ3n) is 5.28. The van der Waals surface area contributed by atoms with Gasteiger partial charge in [0.1, 0.15) is 11.3 Å². The Hall–Kier alpha value is -1.86. The van der Waals surface area contributed by atoms with Gasteiger partial charge >= 0.3 is 0 Å². The summed E-state index contributed by atoms with van der Waals surface area (Å²) in [5.74, 6) is 1.07. The van der Waals surface area contributed by atoms with Crippen LogP contribution in [0.4, 0.5) is 0 Å². The predicted molar refractivity (Wildman–Crippen MR) is 89.6 cm³/mol. The van der Waals surface area contributed by atoms with Gasteiger partial charge in [-0.2, -0.15) is 0 Å². The number of amides is 2. The zero-order valence-electron chi connectivity index (χ0n) is 14.4. The number of carbonyl (C=O) groups excluding carboxylic acids is 2. The van der Waals surface area contributed by atoms with Gasteiger partial charge in [0.25, 0.3) is 5.91 Å². The molecule has 7 nitrogen and oxygen atoms in total. The van der Waals surface area contributed by atoms with E-state index in [1.165, 1.54) is 0 Å². The molecule has 2 fully saturated rings. The van der Waals surface area contributed by atoms with E-state index in [-0.39, 0.29) is 17.4 Å². The molecule has 0 saturated carbocycles. The first-order valence-electron chi connectivity index (χ1n) is 8.58. The number of rotatable bonds is 3. The highest BCUT2D eigenvalue weighted by Gasteiger charge is 2.45. The highest BCUT2D eigenvalue weighted by molar-refractivity contribution is 5.91. The minimum atomic E-state index is -0.372. The van der Waals surface area contributed by atoms with Crippen LogP contribution in [0.2, 0.25) is 0 Å². The van der Waals surface area contributed by atoms with Crippen LogP contribution in [0.5, 0.6) is 0 Å². The topological polar surface area (TPSA) is 77.8 Å². The highest BCUT2D eigenvalue weighted by atomic mass is 16.4. The molecule has 1 aromatic heterocycles. The van der Waals surface area contributed by atoms with Gasteiger partial charge in [0, 0.05) is 33.2 Å². The van der Waals surface area contributed by atoms with Crippen molar-refractivity contribution < 1.29 is 14.0 Å². The number of hydrogen-bond acceptors (Lipinski definition) is 5. The fraction of sp³-hybridized carbons (Fsp3) is 0.647. The molecule has 0 aliphatic carbocycles. The lowest BCUT2D eigenvalue weighted by Crippen LogP contribution is -2.60. The second-order valence-electron chi connectivity index (χ2n) is 6.68. The molecule has 0 aromatic carbocycles. The molecule has 2 aliphatic rings. The van der Waals surface area contributed by atoms with Crippen molar-refractivity contribution in [1.29, 1.82) is 0 Å². The lowest BCUT2D eigenvalue weighted by atomic mass is 9.85. The number of furan rings is 1. The Morgan fingerprint density at radius 3 is 2.79 bits per heavy atom. The fourth-order valence-electron chi connectivity index (χ4n) is 3.69. The minimum Gasteiger partial charge on any atom is -0.455 e. The average molecular weight is 334 g/mol. The summed E-state index contributed by atoms with van der Waals surface area (Å²) < 4.78 is 5.59. The van der Waals surface area contributed by atoms with Crippen molar-refractivity contribution in [3.63, 3.8) is 0 Å². The molecule has 3 rings (SSSR count). The van der Waals surface area contributed by atoms with E-state index in [0.29, 0.717) is 12.3 Å². The van der Waals surface area contributed by atoms with Gasteiger partial charge in [-0.25, -0.2) is 0 Å².